The van der Waals surface area contributed by atoms with Gasteiger partial charge in [-0.25, -0.2) is 14.8 Å². The summed E-state index contributed by atoms with van der Waals surface area (Å²) in [7, 11) is 1.23. The largest absolute Gasteiger partial charge is 0.471 e. The third kappa shape index (κ3) is 5.98. The minimum Gasteiger partial charge on any atom is -0.471 e. The van der Waals surface area contributed by atoms with Gasteiger partial charge >= 0.3 is 11.9 Å². The molecule has 1 saturated heterocycles. The minimum atomic E-state index is -3.32. The van der Waals surface area contributed by atoms with Crippen molar-refractivity contribution in [2.24, 2.45) is 29.1 Å². The van der Waals surface area contributed by atoms with Gasteiger partial charge in [-0.3, -0.25) is 9.59 Å². The van der Waals surface area contributed by atoms with Crippen LogP contribution in [0.2, 0.25) is 0 Å². The summed E-state index contributed by atoms with van der Waals surface area (Å²) in [6.07, 6.45) is 1.74. The summed E-state index contributed by atoms with van der Waals surface area (Å²) in [6.45, 7) is 5.56. The SMILES string of the molecule is COC(=O)[C@@H]1C[C@@H]2CN1C(=O)[C@H](C(C)(C)C)CC(=O)O[C@@H]1C[C@@H]3C[C@@H]3[C@H]1CCCCC(F)(F)c1nc3ccccc3nc1O2. The average molecular weight is 614 g/mol. The van der Waals surface area contributed by atoms with Crippen molar-refractivity contribution in [2.75, 3.05) is 13.7 Å². The molecule has 0 spiro atoms. The Morgan fingerprint density at radius 1 is 1.02 bits per heavy atom. The van der Waals surface area contributed by atoms with Gasteiger partial charge in [0.1, 0.15) is 18.2 Å². The molecule has 6 rings (SSSR count). The van der Waals surface area contributed by atoms with Gasteiger partial charge in [-0.2, -0.15) is 8.78 Å². The van der Waals surface area contributed by atoms with Crippen LogP contribution in [0, 0.1) is 29.1 Å². The monoisotopic (exact) mass is 613 g/mol. The Labute approximate surface area is 256 Å². The van der Waals surface area contributed by atoms with E-state index in [1.54, 1.807) is 24.3 Å². The molecule has 0 N–H and O–H groups in total. The number of para-hydroxylation sites is 2. The van der Waals surface area contributed by atoms with E-state index in [2.05, 4.69) is 9.97 Å². The van der Waals surface area contributed by atoms with Gasteiger partial charge in [0, 0.05) is 12.8 Å². The summed E-state index contributed by atoms with van der Waals surface area (Å²) in [5.74, 6) is -4.82. The first-order valence-electron chi connectivity index (χ1n) is 15.7. The van der Waals surface area contributed by atoms with Crippen molar-refractivity contribution in [3.63, 3.8) is 0 Å². The second-order valence-corrected chi connectivity index (χ2v) is 14.0. The number of carbonyl (C=O) groups excluding carboxylic acids is 3. The molecule has 1 aromatic heterocycles. The molecule has 2 bridgehead atoms. The fourth-order valence-electron chi connectivity index (χ4n) is 7.49. The predicted octanol–water partition coefficient (Wildman–Crippen LogP) is 5.44. The molecule has 3 heterocycles. The van der Waals surface area contributed by atoms with Crippen LogP contribution in [0.3, 0.4) is 0 Å². The zero-order chi connectivity index (χ0) is 31.4. The maximum atomic E-state index is 15.9. The van der Waals surface area contributed by atoms with Gasteiger partial charge in [-0.15, -0.1) is 0 Å². The van der Waals surface area contributed by atoms with Gasteiger partial charge in [0.05, 0.1) is 37.0 Å². The fraction of sp³-hybridized carbons (Fsp3) is 0.667. The molecule has 2 saturated carbocycles. The van der Waals surface area contributed by atoms with Gasteiger partial charge in [0.2, 0.25) is 11.8 Å². The van der Waals surface area contributed by atoms with Crippen LogP contribution in [-0.4, -0.2) is 64.6 Å². The Kier molecular flexibility index (Phi) is 8.03. The number of benzene rings is 1. The zero-order valence-electron chi connectivity index (χ0n) is 25.8. The van der Waals surface area contributed by atoms with E-state index >= 15 is 8.78 Å². The standard InChI is InChI=1S/C33H41F2N3O6/c1-32(2,3)22-16-27(39)44-26-14-18-13-21(18)20(26)9-7-8-12-33(34,35)28-29(37-24-11-6-5-10-23(24)36-28)43-19-15-25(31(41)42-4)38(17-19)30(22)40/h5-6,10-11,18-22,25-26H,7-9,12-17H2,1-4H3/t18-,19+,20+,21-,22+,25-,26+/m0/s1. The number of amides is 1. The number of esters is 2. The van der Waals surface area contributed by atoms with Gasteiger partial charge in [0.25, 0.3) is 5.92 Å². The summed E-state index contributed by atoms with van der Waals surface area (Å²) in [6, 6.07) is 5.75. The highest BCUT2D eigenvalue weighted by atomic mass is 19.3. The predicted molar refractivity (Wildman–Crippen MR) is 156 cm³/mol. The Hall–Kier alpha value is -3.37. The van der Waals surface area contributed by atoms with Crippen LogP contribution in [0.4, 0.5) is 8.78 Å². The summed E-state index contributed by atoms with van der Waals surface area (Å²) < 4.78 is 49.0. The molecule has 7 atom stereocenters. The number of alkyl halides is 2. The second kappa shape index (κ2) is 11.5. The van der Waals surface area contributed by atoms with Crippen molar-refractivity contribution in [3.8, 4) is 5.88 Å². The maximum absolute atomic E-state index is 15.9. The molecule has 4 aliphatic rings. The van der Waals surface area contributed by atoms with Crippen LogP contribution in [0.1, 0.15) is 77.8 Å². The topological polar surface area (TPSA) is 108 Å². The van der Waals surface area contributed by atoms with E-state index in [0.29, 0.717) is 35.7 Å². The molecule has 44 heavy (non-hydrogen) atoms. The summed E-state index contributed by atoms with van der Waals surface area (Å²) >= 11 is 0. The Morgan fingerprint density at radius 2 is 1.75 bits per heavy atom. The normalized spacial score (nSPS) is 32.4. The molecule has 0 radical (unpaired) electrons. The molecule has 238 valence electrons. The molecule has 0 unspecified atom stereocenters. The van der Waals surface area contributed by atoms with E-state index < -0.39 is 59.4 Å². The lowest BCUT2D eigenvalue weighted by Gasteiger charge is -2.34. The number of methoxy groups -OCH3 is 1. The van der Waals surface area contributed by atoms with Crippen molar-refractivity contribution in [2.45, 2.75) is 96.3 Å². The lowest BCUT2D eigenvalue weighted by atomic mass is 9.77. The smallest absolute Gasteiger partial charge is 0.328 e. The van der Waals surface area contributed by atoms with Gasteiger partial charge in [0.15, 0.2) is 5.69 Å². The second-order valence-electron chi connectivity index (χ2n) is 14.0. The van der Waals surface area contributed by atoms with Gasteiger partial charge in [-0.05, 0) is 61.0 Å². The van der Waals surface area contributed by atoms with Crippen LogP contribution in [0.15, 0.2) is 24.3 Å². The summed E-state index contributed by atoms with van der Waals surface area (Å²) in [5, 5.41) is 0. The first-order valence-corrected chi connectivity index (χ1v) is 15.7. The first kappa shape index (κ1) is 30.6. The molecular weight excluding hydrogens is 572 g/mol. The Balaban J connectivity index is 1.38. The third-order valence-electron chi connectivity index (χ3n) is 10.00. The maximum Gasteiger partial charge on any atom is 0.328 e. The number of carbonyl (C=O) groups is 3. The van der Waals surface area contributed by atoms with Crippen molar-refractivity contribution >= 4 is 28.9 Å². The molecular formula is C33H41F2N3O6. The first-order chi connectivity index (χ1) is 20.9. The molecule has 2 aliphatic heterocycles. The van der Waals surface area contributed by atoms with E-state index in [1.165, 1.54) is 12.0 Å². The van der Waals surface area contributed by atoms with E-state index in [-0.39, 0.29) is 43.7 Å². The van der Waals surface area contributed by atoms with Gasteiger partial charge in [-0.1, -0.05) is 39.3 Å². The quantitative estimate of drug-likeness (QED) is 0.392. The van der Waals surface area contributed by atoms with Crippen LogP contribution in [0.25, 0.3) is 11.0 Å². The highest BCUT2D eigenvalue weighted by molar-refractivity contribution is 5.89. The summed E-state index contributed by atoms with van der Waals surface area (Å²) in [5.41, 5.74) is -0.445. The molecule has 2 aromatic rings. The Bertz CT molecular complexity index is 1440. The van der Waals surface area contributed by atoms with Gasteiger partial charge < -0.3 is 19.1 Å². The van der Waals surface area contributed by atoms with E-state index in [0.717, 1.165) is 12.8 Å². The fourth-order valence-corrected chi connectivity index (χ4v) is 7.49. The molecule has 2 aliphatic carbocycles. The van der Waals surface area contributed by atoms with E-state index in [9.17, 15) is 14.4 Å². The molecule has 11 heteroatoms. The molecule has 1 amide bonds. The van der Waals surface area contributed by atoms with Crippen LogP contribution in [-0.2, 0) is 29.8 Å². The highest BCUT2D eigenvalue weighted by Crippen LogP contribution is 2.58. The van der Waals surface area contributed by atoms with E-state index in [1.807, 2.05) is 20.8 Å². The molecule has 1 aromatic carbocycles. The number of nitrogens with zero attached hydrogens (tertiary/aromatic N) is 3. The zero-order valence-corrected chi connectivity index (χ0v) is 25.8. The number of rotatable bonds is 1. The van der Waals surface area contributed by atoms with E-state index in [4.69, 9.17) is 14.2 Å². The summed E-state index contributed by atoms with van der Waals surface area (Å²) in [4.78, 5) is 50.5. The molecule has 3 fully saturated rings. The van der Waals surface area contributed by atoms with Crippen molar-refractivity contribution in [3.05, 3.63) is 30.0 Å². The van der Waals surface area contributed by atoms with Crippen LogP contribution < -0.4 is 4.74 Å². The number of hydrogen-bond donors (Lipinski definition) is 0. The number of halogens is 2. The average Bonchev–Trinajstić information content (AvgIpc) is 3.46. The van der Waals surface area contributed by atoms with Crippen molar-refractivity contribution in [1.82, 2.24) is 14.9 Å². The van der Waals surface area contributed by atoms with Crippen LogP contribution >= 0.6 is 0 Å². The van der Waals surface area contributed by atoms with Crippen molar-refractivity contribution < 1.29 is 37.4 Å². The van der Waals surface area contributed by atoms with Crippen LogP contribution in [0.5, 0.6) is 5.88 Å². The lowest BCUT2D eigenvalue weighted by molar-refractivity contribution is -0.160. The number of hydrogen-bond acceptors (Lipinski definition) is 8. The number of fused-ring (bicyclic) bond motifs is 7. The number of aromatic nitrogens is 2. The minimum absolute atomic E-state index is 0.0196. The number of ether oxygens (including phenoxy) is 3. The highest BCUT2D eigenvalue weighted by Gasteiger charge is 2.55. The van der Waals surface area contributed by atoms with Crippen molar-refractivity contribution in [1.29, 1.82) is 0 Å². The molecule has 9 nitrogen and oxygen atoms in total. The Morgan fingerprint density at radius 3 is 2.45 bits per heavy atom. The third-order valence-corrected chi connectivity index (χ3v) is 10.00. The lowest BCUT2D eigenvalue weighted by Crippen LogP contribution is -2.48.